The molecule has 0 saturated carbocycles. The van der Waals surface area contributed by atoms with Crippen molar-refractivity contribution in [1.82, 2.24) is 10.2 Å². The van der Waals surface area contributed by atoms with E-state index in [-0.39, 0.29) is 49.8 Å². The van der Waals surface area contributed by atoms with Gasteiger partial charge in [0, 0.05) is 32.6 Å². The SMILES string of the molecule is COCCCOc1cc(C[C@@H](C[C@H]2[C@H](C[C@H](C(=O)NCC(C)(C)C(N)=O)C(C)C)OCN2C(=O)OCOC(=O)CCC(=O)O)C(C)C)ccc1OC. The van der Waals surface area contributed by atoms with E-state index in [1.54, 1.807) is 28.1 Å². The van der Waals surface area contributed by atoms with Crippen LogP contribution in [-0.2, 0) is 44.5 Å². The first-order chi connectivity index (χ1) is 24.5. The van der Waals surface area contributed by atoms with Crippen LogP contribution in [0.3, 0.4) is 0 Å². The number of ether oxygens (including phenoxy) is 6. The van der Waals surface area contributed by atoms with Crippen molar-refractivity contribution in [3.05, 3.63) is 23.8 Å². The van der Waals surface area contributed by atoms with Crippen molar-refractivity contribution in [2.45, 2.75) is 92.2 Å². The third-order valence-corrected chi connectivity index (χ3v) is 9.40. The Balaban J connectivity index is 2.33. The van der Waals surface area contributed by atoms with Crippen molar-refractivity contribution < 1.29 is 57.5 Å². The molecular formula is C37H59N3O12. The number of esters is 1. The summed E-state index contributed by atoms with van der Waals surface area (Å²) in [5.74, 6) is -1.92. The highest BCUT2D eigenvalue weighted by Crippen LogP contribution is 2.36. The minimum Gasteiger partial charge on any atom is -0.493 e. The number of hydrogen-bond acceptors (Lipinski definition) is 11. The first-order valence-electron chi connectivity index (χ1n) is 17.8. The van der Waals surface area contributed by atoms with Gasteiger partial charge in [-0.05, 0) is 68.6 Å². The quantitative estimate of drug-likeness (QED) is 0.0825. The fourth-order valence-corrected chi connectivity index (χ4v) is 5.79. The summed E-state index contributed by atoms with van der Waals surface area (Å²) >= 11 is 0. The average molecular weight is 738 g/mol. The maximum atomic E-state index is 13.5. The second-order valence-corrected chi connectivity index (χ2v) is 14.5. The van der Waals surface area contributed by atoms with Crippen LogP contribution in [0, 0.1) is 29.1 Å². The van der Waals surface area contributed by atoms with Gasteiger partial charge in [0.15, 0.2) is 11.5 Å². The van der Waals surface area contributed by atoms with E-state index < -0.39 is 60.6 Å². The zero-order valence-electron chi connectivity index (χ0n) is 31.9. The van der Waals surface area contributed by atoms with Crippen LogP contribution in [0.1, 0.15) is 79.2 Å². The fourth-order valence-electron chi connectivity index (χ4n) is 5.79. The Morgan fingerprint density at radius 1 is 1.00 bits per heavy atom. The molecule has 15 heteroatoms. The van der Waals surface area contributed by atoms with Crippen LogP contribution in [0.15, 0.2) is 18.2 Å². The Labute approximate surface area is 307 Å². The van der Waals surface area contributed by atoms with Gasteiger partial charge in [0.25, 0.3) is 0 Å². The number of methoxy groups -OCH3 is 2. The van der Waals surface area contributed by atoms with Crippen LogP contribution in [0.5, 0.6) is 11.5 Å². The van der Waals surface area contributed by atoms with E-state index in [0.29, 0.717) is 44.0 Å². The number of nitrogens with one attached hydrogen (secondary N) is 1. The van der Waals surface area contributed by atoms with Gasteiger partial charge in [-0.15, -0.1) is 0 Å². The first-order valence-corrected chi connectivity index (χ1v) is 17.8. The number of hydrogen-bond donors (Lipinski definition) is 3. The van der Waals surface area contributed by atoms with Gasteiger partial charge in [0.2, 0.25) is 18.6 Å². The van der Waals surface area contributed by atoms with E-state index >= 15 is 0 Å². The number of carboxylic acids is 1. The van der Waals surface area contributed by atoms with Gasteiger partial charge in [0.1, 0.15) is 6.73 Å². The van der Waals surface area contributed by atoms with Gasteiger partial charge >= 0.3 is 18.0 Å². The van der Waals surface area contributed by atoms with Crippen molar-refractivity contribution in [1.29, 1.82) is 0 Å². The van der Waals surface area contributed by atoms with E-state index in [1.165, 1.54) is 4.90 Å². The maximum absolute atomic E-state index is 13.5. The molecule has 1 heterocycles. The number of aliphatic carboxylic acids is 1. The average Bonchev–Trinajstić information content (AvgIpc) is 3.48. The molecule has 0 aromatic heterocycles. The summed E-state index contributed by atoms with van der Waals surface area (Å²) in [5.41, 5.74) is 5.58. The summed E-state index contributed by atoms with van der Waals surface area (Å²) in [6, 6.07) is 5.30. The maximum Gasteiger partial charge on any atom is 0.414 e. The molecule has 0 spiro atoms. The summed E-state index contributed by atoms with van der Waals surface area (Å²) in [5, 5.41) is 11.7. The second-order valence-electron chi connectivity index (χ2n) is 14.5. The molecule has 1 saturated heterocycles. The lowest BCUT2D eigenvalue weighted by molar-refractivity contribution is -0.155. The predicted molar refractivity (Wildman–Crippen MR) is 190 cm³/mol. The molecule has 1 aliphatic heterocycles. The van der Waals surface area contributed by atoms with E-state index in [2.05, 4.69) is 19.2 Å². The van der Waals surface area contributed by atoms with Gasteiger partial charge in [-0.3, -0.25) is 24.1 Å². The molecule has 1 aromatic rings. The lowest BCUT2D eigenvalue weighted by atomic mass is 9.80. The fraction of sp³-hybridized carbons (Fsp3) is 0.703. The number of amides is 3. The van der Waals surface area contributed by atoms with Crippen LogP contribution >= 0.6 is 0 Å². The Bertz CT molecular complexity index is 1330. The number of nitrogens with two attached hydrogens (primary N) is 1. The van der Waals surface area contributed by atoms with Crippen molar-refractivity contribution in [2.24, 2.45) is 34.8 Å². The minimum atomic E-state index is -1.15. The molecule has 1 aromatic carbocycles. The molecule has 4 atom stereocenters. The van der Waals surface area contributed by atoms with Crippen LogP contribution in [0.4, 0.5) is 4.79 Å². The molecule has 2 rings (SSSR count). The van der Waals surface area contributed by atoms with E-state index in [0.717, 1.165) is 5.56 Å². The highest BCUT2D eigenvalue weighted by Gasteiger charge is 2.43. The topological polar surface area (TPSA) is 202 Å². The molecule has 0 aliphatic carbocycles. The Kier molecular flexibility index (Phi) is 18.1. The van der Waals surface area contributed by atoms with Crippen LogP contribution in [0.25, 0.3) is 0 Å². The minimum absolute atomic E-state index is 0.0378. The third-order valence-electron chi connectivity index (χ3n) is 9.40. The lowest BCUT2D eigenvalue weighted by Gasteiger charge is -2.33. The third kappa shape index (κ3) is 14.1. The van der Waals surface area contributed by atoms with Crippen molar-refractivity contribution >= 4 is 29.8 Å². The van der Waals surface area contributed by atoms with Crippen molar-refractivity contribution in [3.8, 4) is 11.5 Å². The van der Waals surface area contributed by atoms with Gasteiger partial charge < -0.3 is 44.6 Å². The standard InChI is InChI=1S/C37H59N3O12/c1-23(2)26(16-25-10-11-29(48-8)31(17-25)49-15-9-14-47-7)18-28-30(19-27(24(3)4)34(44)39-20-37(5,6)35(38)45)50-21-40(28)36(46)52-22-51-33(43)13-12-32(41)42/h10-11,17,23-24,26-28,30H,9,12-16,18-22H2,1-8H3,(H2,38,45)(H,39,44)(H,41,42)/t26-,27-,28-,30-/m0/s1. The van der Waals surface area contributed by atoms with Crippen molar-refractivity contribution in [2.75, 3.05) is 47.5 Å². The zero-order valence-corrected chi connectivity index (χ0v) is 31.9. The number of carbonyl (C=O) groups is 5. The Hall–Kier alpha value is -4.11. The largest absolute Gasteiger partial charge is 0.493 e. The summed E-state index contributed by atoms with van der Waals surface area (Å²) in [6.07, 6.45) is 0.0381. The Morgan fingerprint density at radius 2 is 1.71 bits per heavy atom. The monoisotopic (exact) mass is 737 g/mol. The van der Waals surface area contributed by atoms with Gasteiger partial charge in [0.05, 0.1) is 44.1 Å². The highest BCUT2D eigenvalue weighted by molar-refractivity contribution is 5.83. The number of nitrogens with zero attached hydrogens (tertiary/aromatic N) is 1. The number of carboxylic acid groups (broad SMARTS) is 1. The van der Waals surface area contributed by atoms with Gasteiger partial charge in [-0.1, -0.05) is 33.8 Å². The van der Waals surface area contributed by atoms with Crippen LogP contribution < -0.4 is 20.5 Å². The summed E-state index contributed by atoms with van der Waals surface area (Å²) < 4.78 is 33.1. The molecule has 1 aliphatic rings. The second kappa shape index (κ2) is 21.4. The summed E-state index contributed by atoms with van der Waals surface area (Å²) in [7, 11) is 3.22. The molecule has 1 fully saturated rings. The molecule has 3 amide bonds. The molecule has 4 N–H and O–H groups in total. The van der Waals surface area contributed by atoms with Crippen molar-refractivity contribution in [3.63, 3.8) is 0 Å². The molecular weight excluding hydrogens is 678 g/mol. The molecule has 15 nitrogen and oxygen atoms in total. The van der Waals surface area contributed by atoms with Crippen LogP contribution in [-0.4, -0.2) is 99.5 Å². The number of benzene rings is 1. The number of carbonyl (C=O) groups excluding carboxylic acids is 4. The summed E-state index contributed by atoms with van der Waals surface area (Å²) in [4.78, 5) is 62.9. The van der Waals surface area contributed by atoms with Gasteiger partial charge in [-0.25, -0.2) is 4.79 Å². The normalized spacial score (nSPS) is 17.1. The van der Waals surface area contributed by atoms with Crippen LogP contribution in [0.2, 0.25) is 0 Å². The number of rotatable bonds is 23. The van der Waals surface area contributed by atoms with E-state index in [9.17, 15) is 24.0 Å². The molecule has 0 unspecified atom stereocenters. The molecule has 52 heavy (non-hydrogen) atoms. The Morgan fingerprint density at radius 3 is 2.31 bits per heavy atom. The zero-order chi connectivity index (χ0) is 39.0. The molecule has 294 valence electrons. The predicted octanol–water partition coefficient (Wildman–Crippen LogP) is 4.13. The first kappa shape index (κ1) is 44.1. The van der Waals surface area contributed by atoms with E-state index in [4.69, 9.17) is 39.3 Å². The van der Waals surface area contributed by atoms with E-state index in [1.807, 2.05) is 32.0 Å². The lowest BCUT2D eigenvalue weighted by Crippen LogP contribution is -2.47. The smallest absolute Gasteiger partial charge is 0.414 e. The highest BCUT2D eigenvalue weighted by atomic mass is 16.7. The molecule has 0 radical (unpaired) electrons. The number of primary amides is 1. The summed E-state index contributed by atoms with van der Waals surface area (Å²) in [6.45, 7) is 11.7. The molecule has 0 bridgehead atoms. The van der Waals surface area contributed by atoms with Gasteiger partial charge in [-0.2, -0.15) is 0 Å².